The molecule has 1 N–H and O–H groups in total. The number of halogens is 1. The number of ether oxygens (including phenoxy) is 1. The van der Waals surface area contributed by atoms with E-state index in [0.29, 0.717) is 11.3 Å². The molecule has 1 unspecified atom stereocenters. The third kappa shape index (κ3) is 1.82. The van der Waals surface area contributed by atoms with Crippen molar-refractivity contribution in [3.05, 3.63) is 29.8 Å². The monoisotopic (exact) mass is 200 g/mol. The van der Waals surface area contributed by atoms with Gasteiger partial charge in [-0.3, -0.25) is 4.79 Å². The number of carbonyl (C=O) groups is 1. The SMILES string of the molecule is Cl.O=C1CC(O)Oc2ccccc21. The zero-order valence-corrected chi connectivity index (χ0v) is 7.58. The van der Waals surface area contributed by atoms with Crippen molar-refractivity contribution in [2.45, 2.75) is 12.7 Å². The lowest BCUT2D eigenvalue weighted by molar-refractivity contribution is -0.0245. The lowest BCUT2D eigenvalue weighted by Gasteiger charge is -2.20. The molecule has 1 aliphatic heterocycles. The zero-order valence-electron chi connectivity index (χ0n) is 6.77. The number of carbonyl (C=O) groups excluding carboxylic acids is 1. The van der Waals surface area contributed by atoms with Crippen LogP contribution < -0.4 is 4.74 Å². The minimum atomic E-state index is -0.979. The molecule has 2 rings (SSSR count). The summed E-state index contributed by atoms with van der Waals surface area (Å²) in [7, 11) is 0. The Labute approximate surface area is 81.7 Å². The fraction of sp³-hybridized carbons (Fsp3) is 0.222. The van der Waals surface area contributed by atoms with E-state index in [0.717, 1.165) is 0 Å². The first-order chi connectivity index (χ1) is 5.77. The maximum absolute atomic E-state index is 11.3. The molecular weight excluding hydrogens is 192 g/mol. The Morgan fingerprint density at radius 1 is 1.38 bits per heavy atom. The fourth-order valence-electron chi connectivity index (χ4n) is 1.26. The van der Waals surface area contributed by atoms with E-state index in [9.17, 15) is 4.79 Å². The molecule has 0 saturated carbocycles. The predicted octanol–water partition coefficient (Wildman–Crippen LogP) is 1.39. The van der Waals surface area contributed by atoms with Crippen LogP contribution in [0.15, 0.2) is 24.3 Å². The van der Waals surface area contributed by atoms with Gasteiger partial charge in [0, 0.05) is 0 Å². The molecule has 0 aromatic heterocycles. The molecule has 1 aromatic carbocycles. The Kier molecular flexibility index (Phi) is 2.90. The topological polar surface area (TPSA) is 46.5 Å². The number of para-hydroxylation sites is 1. The molecule has 1 heterocycles. The van der Waals surface area contributed by atoms with Crippen molar-refractivity contribution in [3.63, 3.8) is 0 Å². The molecular formula is C9H9ClO3. The number of hydrogen-bond acceptors (Lipinski definition) is 3. The molecule has 0 saturated heterocycles. The standard InChI is InChI=1S/C9H8O3.ClH/c10-7-5-9(11)12-8-4-2-1-3-6(7)8;/h1-4,9,11H,5H2;1H. The maximum atomic E-state index is 11.3. The quantitative estimate of drug-likeness (QED) is 0.689. The number of hydrogen-bond donors (Lipinski definition) is 1. The van der Waals surface area contributed by atoms with Gasteiger partial charge >= 0.3 is 0 Å². The summed E-state index contributed by atoms with van der Waals surface area (Å²) in [5, 5.41) is 9.08. The van der Waals surface area contributed by atoms with Gasteiger partial charge in [-0.05, 0) is 12.1 Å². The third-order valence-electron chi connectivity index (χ3n) is 1.81. The second-order valence-corrected chi connectivity index (χ2v) is 2.70. The summed E-state index contributed by atoms with van der Waals surface area (Å²) < 4.78 is 5.04. The van der Waals surface area contributed by atoms with Crippen molar-refractivity contribution in [2.24, 2.45) is 0 Å². The molecule has 4 heteroatoms. The van der Waals surface area contributed by atoms with Crippen molar-refractivity contribution < 1.29 is 14.6 Å². The van der Waals surface area contributed by atoms with Gasteiger partial charge in [-0.25, -0.2) is 0 Å². The Hall–Kier alpha value is -1.06. The van der Waals surface area contributed by atoms with Gasteiger partial charge in [-0.1, -0.05) is 12.1 Å². The number of aliphatic hydroxyl groups is 1. The number of benzene rings is 1. The van der Waals surface area contributed by atoms with Crippen molar-refractivity contribution in [1.82, 2.24) is 0 Å². The van der Waals surface area contributed by atoms with Crippen molar-refractivity contribution in [3.8, 4) is 5.75 Å². The molecule has 0 radical (unpaired) electrons. The second-order valence-electron chi connectivity index (χ2n) is 2.70. The summed E-state index contributed by atoms with van der Waals surface area (Å²) in [6.07, 6.45) is -0.927. The average Bonchev–Trinajstić information content (AvgIpc) is 2.04. The predicted molar refractivity (Wildman–Crippen MR) is 49.3 cm³/mol. The lowest BCUT2D eigenvalue weighted by Crippen LogP contribution is -2.26. The molecule has 0 fully saturated rings. The summed E-state index contributed by atoms with van der Waals surface area (Å²) in [6, 6.07) is 6.92. The van der Waals surface area contributed by atoms with Crippen LogP contribution >= 0.6 is 12.4 Å². The van der Waals surface area contributed by atoms with Gasteiger partial charge in [-0.2, -0.15) is 0 Å². The Morgan fingerprint density at radius 2 is 2.08 bits per heavy atom. The van der Waals surface area contributed by atoms with E-state index in [1.165, 1.54) is 0 Å². The van der Waals surface area contributed by atoms with Crippen LogP contribution in [0.5, 0.6) is 5.75 Å². The van der Waals surface area contributed by atoms with Crippen LogP contribution in [0, 0.1) is 0 Å². The molecule has 0 amide bonds. The molecule has 0 spiro atoms. The highest BCUT2D eigenvalue weighted by atomic mass is 35.5. The Bertz CT molecular complexity index is 324. The van der Waals surface area contributed by atoms with Gasteiger partial charge < -0.3 is 9.84 Å². The van der Waals surface area contributed by atoms with E-state index in [2.05, 4.69) is 0 Å². The summed E-state index contributed by atoms with van der Waals surface area (Å²) in [4.78, 5) is 11.3. The summed E-state index contributed by atoms with van der Waals surface area (Å²) in [5.74, 6) is 0.408. The van der Waals surface area contributed by atoms with Crippen LogP contribution in [-0.4, -0.2) is 17.2 Å². The van der Waals surface area contributed by atoms with E-state index in [1.54, 1.807) is 24.3 Å². The smallest absolute Gasteiger partial charge is 0.204 e. The highest BCUT2D eigenvalue weighted by Crippen LogP contribution is 2.25. The van der Waals surface area contributed by atoms with Crippen molar-refractivity contribution in [1.29, 1.82) is 0 Å². The highest BCUT2D eigenvalue weighted by Gasteiger charge is 2.23. The molecule has 1 atom stereocenters. The van der Waals surface area contributed by atoms with Crippen LogP contribution in [0.25, 0.3) is 0 Å². The van der Waals surface area contributed by atoms with Gasteiger partial charge in [0.05, 0.1) is 12.0 Å². The van der Waals surface area contributed by atoms with E-state index in [1.807, 2.05) is 0 Å². The van der Waals surface area contributed by atoms with E-state index in [4.69, 9.17) is 9.84 Å². The average molecular weight is 201 g/mol. The Balaban J connectivity index is 0.000000845. The van der Waals surface area contributed by atoms with Crippen molar-refractivity contribution in [2.75, 3.05) is 0 Å². The molecule has 0 bridgehead atoms. The molecule has 1 aliphatic rings. The summed E-state index contributed by atoms with van der Waals surface area (Å²) in [6.45, 7) is 0. The number of rotatable bonds is 0. The summed E-state index contributed by atoms with van der Waals surface area (Å²) in [5.41, 5.74) is 0.558. The number of ketones is 1. The second kappa shape index (κ2) is 3.77. The molecule has 1 aromatic rings. The highest BCUT2D eigenvalue weighted by molar-refractivity contribution is 5.99. The van der Waals surface area contributed by atoms with Crippen LogP contribution in [0.1, 0.15) is 16.8 Å². The normalized spacial score (nSPS) is 19.8. The third-order valence-corrected chi connectivity index (χ3v) is 1.81. The van der Waals surface area contributed by atoms with Crippen LogP contribution in [0.4, 0.5) is 0 Å². The number of fused-ring (bicyclic) bond motifs is 1. The van der Waals surface area contributed by atoms with Gasteiger partial charge in [0.2, 0.25) is 6.29 Å². The van der Waals surface area contributed by atoms with Crippen LogP contribution in [0.3, 0.4) is 0 Å². The van der Waals surface area contributed by atoms with Gasteiger partial charge in [0.25, 0.3) is 0 Å². The molecule has 13 heavy (non-hydrogen) atoms. The van der Waals surface area contributed by atoms with Crippen LogP contribution in [0.2, 0.25) is 0 Å². The van der Waals surface area contributed by atoms with Gasteiger partial charge in [-0.15, -0.1) is 12.4 Å². The molecule has 0 aliphatic carbocycles. The Morgan fingerprint density at radius 3 is 2.85 bits per heavy atom. The lowest BCUT2D eigenvalue weighted by atomic mass is 10.0. The zero-order chi connectivity index (χ0) is 8.55. The summed E-state index contributed by atoms with van der Waals surface area (Å²) >= 11 is 0. The van der Waals surface area contributed by atoms with Gasteiger partial charge in [0.1, 0.15) is 5.75 Å². The minimum Gasteiger partial charge on any atom is -0.464 e. The van der Waals surface area contributed by atoms with E-state index >= 15 is 0 Å². The minimum absolute atomic E-state index is 0. The molecule has 3 nitrogen and oxygen atoms in total. The fourth-order valence-corrected chi connectivity index (χ4v) is 1.26. The first kappa shape index (κ1) is 10.0. The van der Waals surface area contributed by atoms with E-state index in [-0.39, 0.29) is 24.6 Å². The van der Waals surface area contributed by atoms with Gasteiger partial charge in [0.15, 0.2) is 5.78 Å². The number of aliphatic hydroxyl groups excluding tert-OH is 1. The molecule has 70 valence electrons. The van der Waals surface area contributed by atoms with Crippen LogP contribution in [-0.2, 0) is 0 Å². The number of Topliss-reactive ketones (excluding diaryl/α,β-unsaturated/α-hetero) is 1. The largest absolute Gasteiger partial charge is 0.464 e. The maximum Gasteiger partial charge on any atom is 0.204 e. The first-order valence-corrected chi connectivity index (χ1v) is 3.74. The van der Waals surface area contributed by atoms with E-state index < -0.39 is 6.29 Å². The van der Waals surface area contributed by atoms with Crippen molar-refractivity contribution >= 4 is 18.2 Å². The first-order valence-electron chi connectivity index (χ1n) is 3.74.